The largest absolute Gasteiger partial charge is 0.469 e. The third kappa shape index (κ3) is 6.08. The third-order valence-electron chi connectivity index (χ3n) is 3.56. The molecule has 0 N–H and O–H groups in total. The lowest BCUT2D eigenvalue weighted by Gasteiger charge is -2.40. The van der Waals surface area contributed by atoms with E-state index in [1.807, 2.05) is 0 Å². The third-order valence-corrected chi connectivity index (χ3v) is 4.48. The van der Waals surface area contributed by atoms with Crippen molar-refractivity contribution < 1.29 is 41.4 Å². The number of rotatable bonds is 5. The Morgan fingerprint density at radius 3 is 2.19 bits per heavy atom. The first-order valence-corrected chi connectivity index (χ1v) is 11.9. The van der Waals surface area contributed by atoms with Crippen molar-refractivity contribution in [2.24, 2.45) is 0 Å². The van der Waals surface area contributed by atoms with Crippen LogP contribution in [0.2, 0.25) is 19.6 Å². The van der Waals surface area contributed by atoms with Crippen LogP contribution in [0.25, 0.3) is 0 Å². The molecule has 0 aromatic carbocycles. The normalized spacial score (nSPS) is 24.1. The second-order valence-corrected chi connectivity index (χ2v) is 12.7. The molecule has 1 rings (SSSR count). The molecule has 158 valence electrons. The minimum absolute atomic E-state index is 0.337. The number of esters is 1. The van der Waals surface area contributed by atoms with E-state index < -0.39 is 50.7 Å². The number of carbonyl (C=O) groups excluding carboxylic acids is 2. The van der Waals surface area contributed by atoms with Gasteiger partial charge in [0.1, 0.15) is 18.4 Å². The van der Waals surface area contributed by atoms with Gasteiger partial charge in [-0.2, -0.15) is 13.2 Å². The molecule has 0 aromatic rings. The fourth-order valence-electron chi connectivity index (χ4n) is 2.64. The van der Waals surface area contributed by atoms with Gasteiger partial charge in [-0.15, -0.1) is 0 Å². The van der Waals surface area contributed by atoms with Gasteiger partial charge in [-0.05, 0) is 46.8 Å². The quantitative estimate of drug-likeness (QED) is 0.504. The van der Waals surface area contributed by atoms with Crippen molar-refractivity contribution in [3.05, 3.63) is 0 Å². The Morgan fingerprint density at radius 1 is 1.22 bits per heavy atom. The van der Waals surface area contributed by atoms with Crippen LogP contribution >= 0.6 is 0 Å². The average molecular weight is 415 g/mol. The fraction of sp³-hybridized carbons (Fsp3) is 0.875. The van der Waals surface area contributed by atoms with Crippen molar-refractivity contribution in [3.63, 3.8) is 0 Å². The highest BCUT2D eigenvalue weighted by Gasteiger charge is 2.69. The Bertz CT molecular complexity index is 558. The SMILES string of the molecule is COC(=O)CC[C@@H]1N(C(=O)OC(C)(C)C)CO[C@@]1(O[Si](C)(C)C)C(F)(F)F. The first-order chi connectivity index (χ1) is 12.0. The van der Waals surface area contributed by atoms with Crippen molar-refractivity contribution in [1.82, 2.24) is 4.90 Å². The monoisotopic (exact) mass is 415 g/mol. The summed E-state index contributed by atoms with van der Waals surface area (Å²) in [5.74, 6) is -3.72. The number of carbonyl (C=O) groups is 2. The summed E-state index contributed by atoms with van der Waals surface area (Å²) in [4.78, 5) is 24.8. The van der Waals surface area contributed by atoms with E-state index in [0.29, 0.717) is 0 Å². The molecule has 27 heavy (non-hydrogen) atoms. The van der Waals surface area contributed by atoms with Crippen LogP contribution in [0, 0.1) is 0 Å². The highest BCUT2D eigenvalue weighted by molar-refractivity contribution is 6.69. The molecule has 11 heteroatoms. The standard InChI is InChI=1S/C16H28F3NO6Si/c1-14(2,3)25-13(22)20-10-24-15(16(17,18)19,26-27(5,6)7)11(20)8-9-12(21)23-4/h11H,8-10H2,1-7H3/t11-,15-/m0/s1. The van der Waals surface area contributed by atoms with Crippen molar-refractivity contribution in [1.29, 1.82) is 0 Å². The number of nitrogens with zero attached hydrogens (tertiary/aromatic N) is 1. The molecular formula is C16H28F3NO6Si. The van der Waals surface area contributed by atoms with E-state index in [4.69, 9.17) is 13.9 Å². The zero-order valence-electron chi connectivity index (χ0n) is 16.7. The fourth-order valence-corrected chi connectivity index (χ4v) is 3.86. The van der Waals surface area contributed by atoms with E-state index >= 15 is 0 Å². The number of methoxy groups -OCH3 is 1. The summed E-state index contributed by atoms with van der Waals surface area (Å²) < 4.78 is 62.4. The number of halogens is 3. The Kier molecular flexibility index (Phi) is 6.99. The molecular weight excluding hydrogens is 387 g/mol. The van der Waals surface area contributed by atoms with E-state index in [1.54, 1.807) is 40.4 Å². The highest BCUT2D eigenvalue weighted by Crippen LogP contribution is 2.46. The van der Waals surface area contributed by atoms with E-state index in [0.717, 1.165) is 12.0 Å². The lowest BCUT2D eigenvalue weighted by atomic mass is 10.0. The van der Waals surface area contributed by atoms with Crippen LogP contribution in [0.5, 0.6) is 0 Å². The minimum atomic E-state index is -4.93. The summed E-state index contributed by atoms with van der Waals surface area (Å²) in [5.41, 5.74) is -0.910. The van der Waals surface area contributed by atoms with Crippen LogP contribution < -0.4 is 0 Å². The van der Waals surface area contributed by atoms with Crippen LogP contribution in [-0.2, 0) is 23.4 Å². The molecule has 1 aliphatic rings. The molecule has 2 atom stereocenters. The number of ether oxygens (including phenoxy) is 3. The van der Waals surface area contributed by atoms with Crippen LogP contribution in [-0.4, -0.2) is 62.7 Å². The summed E-state index contributed by atoms with van der Waals surface area (Å²) in [6, 6.07) is -1.59. The molecule has 0 saturated carbocycles. The lowest BCUT2D eigenvalue weighted by molar-refractivity contribution is -0.345. The topological polar surface area (TPSA) is 74.3 Å². The molecule has 0 bridgehead atoms. The molecule has 0 unspecified atom stereocenters. The lowest BCUT2D eigenvalue weighted by Crippen LogP contribution is -2.61. The predicted octanol–water partition coefficient (Wildman–Crippen LogP) is 3.64. The van der Waals surface area contributed by atoms with Crippen LogP contribution in [0.15, 0.2) is 0 Å². The van der Waals surface area contributed by atoms with Gasteiger partial charge in [0.25, 0.3) is 5.79 Å². The van der Waals surface area contributed by atoms with Gasteiger partial charge < -0.3 is 18.6 Å². The predicted molar refractivity (Wildman–Crippen MR) is 92.3 cm³/mol. The van der Waals surface area contributed by atoms with Crippen LogP contribution in [0.4, 0.5) is 18.0 Å². The minimum Gasteiger partial charge on any atom is -0.469 e. The molecule has 1 amide bonds. The number of hydrogen-bond donors (Lipinski definition) is 0. The maximum absolute atomic E-state index is 14.1. The van der Waals surface area contributed by atoms with Gasteiger partial charge in [0, 0.05) is 6.42 Å². The van der Waals surface area contributed by atoms with Gasteiger partial charge in [0.15, 0.2) is 8.32 Å². The van der Waals surface area contributed by atoms with Crippen LogP contribution in [0.1, 0.15) is 33.6 Å². The Balaban J connectivity index is 3.30. The first-order valence-electron chi connectivity index (χ1n) is 8.50. The Labute approximate surface area is 158 Å². The van der Waals surface area contributed by atoms with E-state index in [2.05, 4.69) is 4.74 Å². The molecule has 0 aromatic heterocycles. The summed E-state index contributed by atoms with van der Waals surface area (Å²) in [6.45, 7) is 8.87. The van der Waals surface area contributed by atoms with E-state index in [-0.39, 0.29) is 12.8 Å². The van der Waals surface area contributed by atoms with E-state index in [1.165, 1.54) is 0 Å². The van der Waals surface area contributed by atoms with Gasteiger partial charge in [-0.25, -0.2) is 4.79 Å². The van der Waals surface area contributed by atoms with Crippen molar-refractivity contribution in [3.8, 4) is 0 Å². The molecule has 7 nitrogen and oxygen atoms in total. The molecule has 0 aliphatic carbocycles. The Morgan fingerprint density at radius 2 is 1.78 bits per heavy atom. The Hall–Kier alpha value is -1.33. The van der Waals surface area contributed by atoms with Gasteiger partial charge >= 0.3 is 18.2 Å². The summed E-state index contributed by atoms with van der Waals surface area (Å²) >= 11 is 0. The highest BCUT2D eigenvalue weighted by atomic mass is 28.4. The number of hydrogen-bond acceptors (Lipinski definition) is 6. The smallest absolute Gasteiger partial charge is 0.444 e. The van der Waals surface area contributed by atoms with Crippen molar-refractivity contribution in [2.75, 3.05) is 13.8 Å². The second-order valence-electron chi connectivity index (χ2n) is 8.23. The van der Waals surface area contributed by atoms with Gasteiger partial charge in [-0.1, -0.05) is 0 Å². The number of amides is 1. The van der Waals surface area contributed by atoms with Crippen LogP contribution in [0.3, 0.4) is 0 Å². The second kappa shape index (κ2) is 7.96. The van der Waals surface area contributed by atoms with Crippen molar-refractivity contribution in [2.45, 2.75) is 76.9 Å². The zero-order valence-corrected chi connectivity index (χ0v) is 17.7. The van der Waals surface area contributed by atoms with Crippen molar-refractivity contribution >= 4 is 20.4 Å². The zero-order chi connectivity index (χ0) is 21.3. The molecule has 1 saturated heterocycles. The maximum Gasteiger partial charge on any atom is 0.444 e. The van der Waals surface area contributed by atoms with Gasteiger partial charge in [-0.3, -0.25) is 9.69 Å². The van der Waals surface area contributed by atoms with E-state index in [9.17, 15) is 22.8 Å². The summed E-state index contributed by atoms with van der Waals surface area (Å²) in [7, 11) is -1.63. The molecule has 0 radical (unpaired) electrons. The molecule has 1 aliphatic heterocycles. The average Bonchev–Trinajstić information content (AvgIpc) is 2.80. The molecule has 1 fully saturated rings. The maximum atomic E-state index is 14.1. The number of alkyl halides is 3. The summed E-state index contributed by atoms with van der Waals surface area (Å²) in [6.07, 6.45) is -6.58. The molecule has 1 heterocycles. The summed E-state index contributed by atoms with van der Waals surface area (Å²) in [5, 5.41) is 0. The molecule has 0 spiro atoms. The van der Waals surface area contributed by atoms with Gasteiger partial charge in [0.05, 0.1) is 7.11 Å². The first kappa shape index (κ1) is 23.7. The van der Waals surface area contributed by atoms with Gasteiger partial charge in [0.2, 0.25) is 0 Å².